The Morgan fingerprint density at radius 3 is 2.42 bits per heavy atom. The lowest BCUT2D eigenvalue weighted by Crippen LogP contribution is -2.63. The van der Waals surface area contributed by atoms with Crippen molar-refractivity contribution in [2.45, 2.75) is 51.1 Å². The van der Waals surface area contributed by atoms with Crippen LogP contribution in [0.1, 0.15) is 30.7 Å². The number of aromatic nitrogens is 2. The summed E-state index contributed by atoms with van der Waals surface area (Å²) in [5.41, 5.74) is 3.51. The van der Waals surface area contributed by atoms with Crippen LogP contribution in [0.5, 0.6) is 0 Å². The molecule has 168 valence electrons. The molecule has 1 aromatic heterocycles. The van der Waals surface area contributed by atoms with Crippen LogP contribution in [0.2, 0.25) is 0 Å². The summed E-state index contributed by atoms with van der Waals surface area (Å²) >= 11 is 0. The van der Waals surface area contributed by atoms with Gasteiger partial charge in [-0.15, -0.1) is 0 Å². The summed E-state index contributed by atoms with van der Waals surface area (Å²) < 4.78 is 24.5. The molecular formula is C21H29N5O4S. The van der Waals surface area contributed by atoms with E-state index in [2.05, 4.69) is 38.9 Å². The number of aliphatic hydroxyl groups excluding tert-OH is 2. The summed E-state index contributed by atoms with van der Waals surface area (Å²) in [4.78, 5) is 13.7. The summed E-state index contributed by atoms with van der Waals surface area (Å²) in [5.74, 6) is 0.876. The second-order valence-electron chi connectivity index (χ2n) is 8.56. The van der Waals surface area contributed by atoms with Gasteiger partial charge < -0.3 is 25.3 Å². The van der Waals surface area contributed by atoms with Crippen LogP contribution in [-0.4, -0.2) is 60.2 Å². The van der Waals surface area contributed by atoms with E-state index in [1.807, 2.05) is 6.92 Å². The van der Waals surface area contributed by atoms with Gasteiger partial charge >= 0.3 is 0 Å². The molecule has 4 rings (SSSR count). The molecule has 1 aromatic carbocycles. The first-order valence-electron chi connectivity index (χ1n) is 10.4. The molecule has 0 aliphatic carbocycles. The number of anilines is 3. The smallest absolute Gasteiger partial charge is 0.225 e. The predicted octanol–water partition coefficient (Wildman–Crippen LogP) is 1.28. The lowest BCUT2D eigenvalue weighted by molar-refractivity contribution is 0.278. The van der Waals surface area contributed by atoms with E-state index < -0.39 is 9.84 Å². The van der Waals surface area contributed by atoms with E-state index in [0.717, 1.165) is 17.1 Å². The highest BCUT2D eigenvalue weighted by atomic mass is 32.2. The zero-order valence-corrected chi connectivity index (χ0v) is 19.0. The van der Waals surface area contributed by atoms with Crippen molar-refractivity contribution in [3.8, 4) is 0 Å². The minimum absolute atomic E-state index is 0.0276. The zero-order valence-electron chi connectivity index (χ0n) is 18.2. The lowest BCUT2D eigenvalue weighted by Gasteiger charge is -2.47. The van der Waals surface area contributed by atoms with E-state index in [4.69, 9.17) is 0 Å². The zero-order chi connectivity index (χ0) is 22.5. The predicted molar refractivity (Wildman–Crippen MR) is 119 cm³/mol. The maximum absolute atomic E-state index is 12.3. The number of aliphatic hydroxyl groups is 2. The molecule has 0 spiro atoms. The van der Waals surface area contributed by atoms with Crippen molar-refractivity contribution in [1.82, 2.24) is 9.97 Å². The van der Waals surface area contributed by atoms with Gasteiger partial charge in [0.25, 0.3) is 0 Å². The SMILES string of the molecule is Cc1nc(N2CCN3c4cc(S(C)(=O)=O)c(CO)cc4NC3[C@H]2C(C)C)ncc1CO. The third-order valence-electron chi connectivity index (χ3n) is 6.14. The Morgan fingerprint density at radius 1 is 1.16 bits per heavy atom. The molecule has 0 radical (unpaired) electrons. The topological polar surface area (TPSA) is 119 Å². The first-order valence-corrected chi connectivity index (χ1v) is 12.3. The van der Waals surface area contributed by atoms with Crippen LogP contribution < -0.4 is 15.1 Å². The molecule has 0 bridgehead atoms. The van der Waals surface area contributed by atoms with Gasteiger partial charge in [-0.3, -0.25) is 0 Å². The van der Waals surface area contributed by atoms with E-state index in [9.17, 15) is 18.6 Å². The molecule has 3 heterocycles. The Bertz CT molecular complexity index is 1110. The van der Waals surface area contributed by atoms with E-state index in [1.54, 1.807) is 18.3 Å². The van der Waals surface area contributed by atoms with Crippen LogP contribution in [0.4, 0.5) is 17.3 Å². The molecule has 2 aromatic rings. The fourth-order valence-electron chi connectivity index (χ4n) is 4.62. The molecule has 2 aliphatic rings. The number of rotatable bonds is 5. The fourth-order valence-corrected chi connectivity index (χ4v) is 5.54. The van der Waals surface area contributed by atoms with Crippen LogP contribution in [0.25, 0.3) is 0 Å². The molecule has 1 fully saturated rings. The molecule has 31 heavy (non-hydrogen) atoms. The molecule has 3 N–H and O–H groups in total. The number of hydrogen-bond donors (Lipinski definition) is 3. The Hall–Kier alpha value is -2.43. The van der Waals surface area contributed by atoms with Gasteiger partial charge in [-0.25, -0.2) is 18.4 Å². The molecule has 1 unspecified atom stereocenters. The molecule has 0 saturated carbocycles. The monoisotopic (exact) mass is 447 g/mol. The number of nitrogens with one attached hydrogen (secondary N) is 1. The summed E-state index contributed by atoms with van der Waals surface area (Å²) in [6.07, 6.45) is 2.74. The van der Waals surface area contributed by atoms with Gasteiger partial charge in [-0.05, 0) is 30.5 Å². The number of hydrogen-bond acceptors (Lipinski definition) is 9. The molecule has 10 heteroatoms. The van der Waals surface area contributed by atoms with Gasteiger partial charge in [0.1, 0.15) is 6.17 Å². The largest absolute Gasteiger partial charge is 0.392 e. The van der Waals surface area contributed by atoms with Gasteiger partial charge in [0.15, 0.2) is 9.84 Å². The normalized spacial score (nSPS) is 20.6. The van der Waals surface area contributed by atoms with Crippen LogP contribution in [-0.2, 0) is 23.1 Å². The van der Waals surface area contributed by atoms with Gasteiger partial charge in [0.05, 0.1) is 35.5 Å². The minimum atomic E-state index is -3.47. The number of piperazine rings is 1. The number of nitrogens with zero attached hydrogens (tertiary/aromatic N) is 4. The second kappa shape index (κ2) is 7.92. The standard InChI is InChI=1S/C21H29N5O4S/c1-12(2)19-20-24-16-7-14(10-27)18(31(4,29)30)8-17(16)25(20)5-6-26(19)21-22-9-15(11-28)13(3)23-21/h7-9,12,19-20,24,27-28H,5-6,10-11H2,1-4H3/t19-,20?/m1/s1. The summed E-state index contributed by atoms with van der Waals surface area (Å²) in [5, 5.41) is 22.7. The van der Waals surface area contributed by atoms with Crippen molar-refractivity contribution in [2.24, 2.45) is 5.92 Å². The Kier molecular flexibility index (Phi) is 5.57. The summed E-state index contributed by atoms with van der Waals surface area (Å²) in [6, 6.07) is 3.44. The van der Waals surface area contributed by atoms with Crippen molar-refractivity contribution in [1.29, 1.82) is 0 Å². The average Bonchev–Trinajstić information content (AvgIpc) is 3.08. The molecular weight excluding hydrogens is 418 g/mol. The van der Waals surface area contributed by atoms with E-state index in [0.29, 0.717) is 30.2 Å². The van der Waals surface area contributed by atoms with Crippen molar-refractivity contribution in [3.63, 3.8) is 0 Å². The number of fused-ring (bicyclic) bond motifs is 3. The van der Waals surface area contributed by atoms with Crippen molar-refractivity contribution >= 4 is 27.2 Å². The average molecular weight is 448 g/mol. The third-order valence-corrected chi connectivity index (χ3v) is 7.32. The highest BCUT2D eigenvalue weighted by Crippen LogP contribution is 2.42. The van der Waals surface area contributed by atoms with Gasteiger partial charge in [0.2, 0.25) is 5.95 Å². The van der Waals surface area contributed by atoms with Crippen molar-refractivity contribution in [2.75, 3.05) is 34.5 Å². The molecule has 1 saturated heterocycles. The maximum Gasteiger partial charge on any atom is 0.225 e. The van der Waals surface area contributed by atoms with Crippen LogP contribution >= 0.6 is 0 Å². The number of benzene rings is 1. The van der Waals surface area contributed by atoms with Crippen LogP contribution in [0.15, 0.2) is 23.2 Å². The second-order valence-corrected chi connectivity index (χ2v) is 10.5. The van der Waals surface area contributed by atoms with E-state index in [1.165, 1.54) is 6.26 Å². The van der Waals surface area contributed by atoms with Crippen LogP contribution in [0, 0.1) is 12.8 Å². The Balaban J connectivity index is 1.73. The molecule has 2 aliphatic heterocycles. The molecule has 9 nitrogen and oxygen atoms in total. The van der Waals surface area contributed by atoms with Crippen molar-refractivity contribution in [3.05, 3.63) is 35.2 Å². The van der Waals surface area contributed by atoms with E-state index >= 15 is 0 Å². The summed E-state index contributed by atoms with van der Waals surface area (Å²) in [7, 11) is -3.47. The Labute approximate surface area is 182 Å². The van der Waals surface area contributed by atoms with Gasteiger partial charge in [-0.1, -0.05) is 13.8 Å². The lowest BCUT2D eigenvalue weighted by atomic mass is 9.96. The van der Waals surface area contributed by atoms with Crippen molar-refractivity contribution < 1.29 is 18.6 Å². The third kappa shape index (κ3) is 3.72. The van der Waals surface area contributed by atoms with Crippen LogP contribution in [0.3, 0.4) is 0 Å². The van der Waals surface area contributed by atoms with Gasteiger partial charge in [-0.2, -0.15) is 0 Å². The number of sulfone groups is 1. The first kappa shape index (κ1) is 21.8. The quantitative estimate of drug-likeness (QED) is 0.623. The highest BCUT2D eigenvalue weighted by Gasteiger charge is 2.44. The molecule has 2 atom stereocenters. The first-order chi connectivity index (χ1) is 14.7. The highest BCUT2D eigenvalue weighted by molar-refractivity contribution is 7.90. The number of aryl methyl sites for hydroxylation is 1. The van der Waals surface area contributed by atoms with Gasteiger partial charge in [0, 0.05) is 36.8 Å². The maximum atomic E-state index is 12.3. The van der Waals surface area contributed by atoms with E-state index in [-0.39, 0.29) is 36.2 Å². The summed E-state index contributed by atoms with van der Waals surface area (Å²) in [6.45, 7) is 7.05. The molecule has 0 amide bonds. The Morgan fingerprint density at radius 2 is 1.84 bits per heavy atom. The minimum Gasteiger partial charge on any atom is -0.392 e. The fraction of sp³-hybridized carbons (Fsp3) is 0.524.